The van der Waals surface area contributed by atoms with Crippen molar-refractivity contribution in [3.63, 3.8) is 0 Å². The SMILES string of the molecule is CNCCCOc1ccc(Cl)c(-c2nc(-c3c(C)noc3C)c(C)c(N3CCC4(CCOC4)C3)n2)c1. The Kier molecular flexibility index (Phi) is 7.19. The van der Waals surface area contributed by atoms with Crippen LogP contribution in [0.2, 0.25) is 5.02 Å². The van der Waals surface area contributed by atoms with Gasteiger partial charge in [-0.05, 0) is 71.8 Å². The Morgan fingerprint density at radius 1 is 1.19 bits per heavy atom. The van der Waals surface area contributed by atoms with Gasteiger partial charge < -0.3 is 24.2 Å². The summed E-state index contributed by atoms with van der Waals surface area (Å²) in [6.45, 7) is 11.0. The van der Waals surface area contributed by atoms with E-state index in [9.17, 15) is 0 Å². The van der Waals surface area contributed by atoms with E-state index in [1.807, 2.05) is 39.1 Å². The maximum atomic E-state index is 6.70. The lowest BCUT2D eigenvalue weighted by Crippen LogP contribution is -2.28. The highest BCUT2D eigenvalue weighted by Crippen LogP contribution is 2.43. The first-order valence-corrected chi connectivity index (χ1v) is 13.0. The number of nitrogens with one attached hydrogen (secondary N) is 1. The zero-order valence-corrected chi connectivity index (χ0v) is 22.2. The van der Waals surface area contributed by atoms with Gasteiger partial charge in [0.05, 0.1) is 35.2 Å². The molecule has 2 saturated heterocycles. The molecule has 4 heterocycles. The van der Waals surface area contributed by atoms with Gasteiger partial charge in [-0.15, -0.1) is 0 Å². The topological polar surface area (TPSA) is 85.5 Å². The van der Waals surface area contributed by atoms with Crippen LogP contribution < -0.4 is 15.0 Å². The molecule has 1 unspecified atom stereocenters. The van der Waals surface area contributed by atoms with Gasteiger partial charge in [-0.2, -0.15) is 0 Å². The predicted molar refractivity (Wildman–Crippen MR) is 141 cm³/mol. The summed E-state index contributed by atoms with van der Waals surface area (Å²) < 4.78 is 17.3. The molecule has 2 fully saturated rings. The lowest BCUT2D eigenvalue weighted by atomic mass is 9.87. The molecule has 8 nitrogen and oxygen atoms in total. The van der Waals surface area contributed by atoms with Crippen molar-refractivity contribution in [2.75, 3.05) is 51.4 Å². The van der Waals surface area contributed by atoms with Gasteiger partial charge in [-0.3, -0.25) is 0 Å². The highest BCUT2D eigenvalue weighted by Gasteiger charge is 2.42. The lowest BCUT2D eigenvalue weighted by molar-refractivity contribution is 0.160. The highest BCUT2D eigenvalue weighted by molar-refractivity contribution is 6.33. The second kappa shape index (κ2) is 10.4. The molecule has 2 aromatic heterocycles. The molecule has 2 aliphatic rings. The van der Waals surface area contributed by atoms with Gasteiger partial charge in [-0.25, -0.2) is 9.97 Å². The molecule has 9 heteroatoms. The second-order valence-electron chi connectivity index (χ2n) is 9.96. The average molecular weight is 512 g/mol. The molecule has 1 atom stereocenters. The molecule has 5 rings (SSSR count). The molecule has 1 N–H and O–H groups in total. The van der Waals surface area contributed by atoms with Crippen molar-refractivity contribution in [2.24, 2.45) is 5.41 Å². The monoisotopic (exact) mass is 511 g/mol. The van der Waals surface area contributed by atoms with Crippen LogP contribution in [0, 0.1) is 26.2 Å². The van der Waals surface area contributed by atoms with Crippen LogP contribution in [0.15, 0.2) is 22.7 Å². The van der Waals surface area contributed by atoms with E-state index < -0.39 is 0 Å². The number of hydrogen-bond acceptors (Lipinski definition) is 8. The molecule has 0 saturated carbocycles. The fourth-order valence-electron chi connectivity index (χ4n) is 5.29. The van der Waals surface area contributed by atoms with E-state index in [0.29, 0.717) is 17.5 Å². The summed E-state index contributed by atoms with van der Waals surface area (Å²) in [4.78, 5) is 12.5. The Hall–Kier alpha value is -2.68. The standard InChI is InChI=1S/C27H34ClN5O3/c1-17-24(23-18(2)32-36-19(23)3)30-25(21-14-20(6-7-22(21)28)35-12-5-10-29-4)31-26(17)33-11-8-27(15-33)9-13-34-16-27/h6-7,14,29H,5,8-13,15-16H2,1-4H3. The number of halogens is 1. The van der Waals surface area contributed by atoms with Crippen LogP contribution in [0.25, 0.3) is 22.6 Å². The minimum atomic E-state index is 0.208. The van der Waals surface area contributed by atoms with Crippen molar-refractivity contribution in [3.05, 3.63) is 40.2 Å². The van der Waals surface area contributed by atoms with Gasteiger partial charge in [0.2, 0.25) is 0 Å². The van der Waals surface area contributed by atoms with Gasteiger partial charge in [0.25, 0.3) is 0 Å². The highest BCUT2D eigenvalue weighted by atomic mass is 35.5. The first-order valence-electron chi connectivity index (χ1n) is 12.6. The van der Waals surface area contributed by atoms with Gasteiger partial charge in [0.1, 0.15) is 17.3 Å². The molecule has 36 heavy (non-hydrogen) atoms. The van der Waals surface area contributed by atoms with Gasteiger partial charge >= 0.3 is 0 Å². The maximum absolute atomic E-state index is 6.70. The summed E-state index contributed by atoms with van der Waals surface area (Å²) >= 11 is 6.70. The number of hydrogen-bond donors (Lipinski definition) is 1. The van der Waals surface area contributed by atoms with Crippen LogP contribution in [0.1, 0.15) is 36.3 Å². The number of anilines is 1. The number of aryl methyl sites for hydroxylation is 2. The van der Waals surface area contributed by atoms with Crippen LogP contribution in [0.4, 0.5) is 5.82 Å². The molecule has 3 aromatic rings. The lowest BCUT2D eigenvalue weighted by Gasteiger charge is -2.25. The third-order valence-electron chi connectivity index (χ3n) is 7.33. The summed E-state index contributed by atoms with van der Waals surface area (Å²) in [7, 11) is 1.94. The minimum Gasteiger partial charge on any atom is -0.494 e. The first kappa shape index (κ1) is 25.0. The van der Waals surface area contributed by atoms with E-state index >= 15 is 0 Å². The predicted octanol–water partition coefficient (Wildman–Crippen LogP) is 4.98. The summed E-state index contributed by atoms with van der Waals surface area (Å²) in [6, 6.07) is 5.67. The van der Waals surface area contributed by atoms with E-state index in [4.69, 9.17) is 35.6 Å². The quantitative estimate of drug-likeness (QED) is 0.424. The van der Waals surface area contributed by atoms with Crippen molar-refractivity contribution < 1.29 is 14.0 Å². The Labute approximate surface area is 217 Å². The van der Waals surface area contributed by atoms with Gasteiger partial charge in [0.15, 0.2) is 5.82 Å². The number of aromatic nitrogens is 3. The largest absolute Gasteiger partial charge is 0.494 e. The molecule has 1 spiro atoms. The van der Waals surface area contributed by atoms with Crippen LogP contribution in [-0.2, 0) is 4.74 Å². The molecule has 2 aliphatic heterocycles. The fraction of sp³-hybridized carbons (Fsp3) is 0.519. The van der Waals surface area contributed by atoms with Crippen molar-refractivity contribution in [2.45, 2.75) is 40.0 Å². The molecule has 0 bridgehead atoms. The van der Waals surface area contributed by atoms with E-state index in [1.165, 1.54) is 0 Å². The molecular weight excluding hydrogens is 478 g/mol. The Balaban J connectivity index is 1.58. The summed E-state index contributed by atoms with van der Waals surface area (Å²) in [5.41, 5.74) is 4.51. The number of nitrogens with zero attached hydrogens (tertiary/aromatic N) is 4. The molecular formula is C27H34ClN5O3. The third-order valence-corrected chi connectivity index (χ3v) is 7.66. The van der Waals surface area contributed by atoms with Crippen LogP contribution >= 0.6 is 11.6 Å². The second-order valence-corrected chi connectivity index (χ2v) is 10.4. The summed E-state index contributed by atoms with van der Waals surface area (Å²) in [5.74, 6) is 2.98. The van der Waals surface area contributed by atoms with E-state index in [2.05, 4.69) is 22.3 Å². The first-order chi connectivity index (χ1) is 17.4. The summed E-state index contributed by atoms with van der Waals surface area (Å²) in [6.07, 6.45) is 3.11. The zero-order chi connectivity index (χ0) is 25.3. The van der Waals surface area contributed by atoms with E-state index in [-0.39, 0.29) is 5.41 Å². The third kappa shape index (κ3) is 4.82. The molecule has 192 valence electrons. The Morgan fingerprint density at radius 3 is 2.78 bits per heavy atom. The number of rotatable bonds is 8. The normalized spacial score (nSPS) is 19.5. The Bertz CT molecular complexity index is 1220. The van der Waals surface area contributed by atoms with Crippen molar-refractivity contribution >= 4 is 17.4 Å². The van der Waals surface area contributed by atoms with Gasteiger partial charge in [-0.1, -0.05) is 16.8 Å². The van der Waals surface area contributed by atoms with Crippen LogP contribution in [-0.4, -0.2) is 61.6 Å². The summed E-state index contributed by atoms with van der Waals surface area (Å²) in [5, 5.41) is 7.91. The van der Waals surface area contributed by atoms with Crippen LogP contribution in [0.3, 0.4) is 0 Å². The maximum Gasteiger partial charge on any atom is 0.163 e. The molecule has 1 aromatic carbocycles. The van der Waals surface area contributed by atoms with Crippen LogP contribution in [0.5, 0.6) is 5.75 Å². The molecule has 0 amide bonds. The molecule has 0 aliphatic carbocycles. The molecule has 0 radical (unpaired) electrons. The Morgan fingerprint density at radius 2 is 2.06 bits per heavy atom. The van der Waals surface area contributed by atoms with Crippen molar-refractivity contribution in [1.29, 1.82) is 0 Å². The minimum absolute atomic E-state index is 0.208. The number of benzene rings is 1. The van der Waals surface area contributed by atoms with E-state index in [1.54, 1.807) is 0 Å². The smallest absolute Gasteiger partial charge is 0.163 e. The van der Waals surface area contributed by atoms with Crippen molar-refractivity contribution in [3.8, 4) is 28.4 Å². The average Bonchev–Trinajstić information content (AvgIpc) is 3.60. The fourth-order valence-corrected chi connectivity index (χ4v) is 5.49. The van der Waals surface area contributed by atoms with E-state index in [0.717, 1.165) is 97.5 Å². The zero-order valence-electron chi connectivity index (χ0n) is 21.5. The number of ether oxygens (including phenoxy) is 2. The van der Waals surface area contributed by atoms with Gasteiger partial charge in [0, 0.05) is 36.2 Å². The van der Waals surface area contributed by atoms with Crippen molar-refractivity contribution in [1.82, 2.24) is 20.4 Å².